The van der Waals surface area contributed by atoms with E-state index in [1.807, 2.05) is 25.2 Å². The number of nitrogens with zero attached hydrogens (tertiary/aromatic N) is 1. The van der Waals surface area contributed by atoms with E-state index in [1.165, 1.54) is 5.56 Å². The van der Waals surface area contributed by atoms with Crippen LogP contribution in [0.15, 0.2) is 35.3 Å². The molecule has 3 heteroatoms. The van der Waals surface area contributed by atoms with Crippen LogP contribution in [0.4, 0.5) is 0 Å². The second-order valence-corrected chi connectivity index (χ2v) is 3.10. The quantitative estimate of drug-likeness (QED) is 0.549. The predicted octanol–water partition coefficient (Wildman–Crippen LogP) is 1.54. The lowest BCUT2D eigenvalue weighted by Gasteiger charge is -2.16. The average molecular weight is 191 g/mol. The van der Waals surface area contributed by atoms with Crippen LogP contribution in [0.2, 0.25) is 0 Å². The molecule has 2 N–H and O–H groups in total. The summed E-state index contributed by atoms with van der Waals surface area (Å²) in [6.45, 7) is 2.11. The minimum Gasteiger partial charge on any atom is -0.359 e. The molecule has 0 aliphatic carbocycles. The lowest BCUT2D eigenvalue weighted by molar-refractivity contribution is 0.699. The standard InChI is InChI=1S/C11H17N3/c1-9(14-11(12-2)13-3)10-7-5-4-6-8-10/h4-9H,1-3H3,(H2,12,13,14)/t9-/m0/s1. The Morgan fingerprint density at radius 2 is 1.93 bits per heavy atom. The van der Waals surface area contributed by atoms with Crippen molar-refractivity contribution in [1.29, 1.82) is 0 Å². The molecule has 0 aliphatic rings. The number of hydrogen-bond donors (Lipinski definition) is 2. The van der Waals surface area contributed by atoms with Gasteiger partial charge in [-0.2, -0.15) is 0 Å². The Bertz CT molecular complexity index is 293. The zero-order valence-electron chi connectivity index (χ0n) is 8.91. The summed E-state index contributed by atoms with van der Waals surface area (Å²) in [5, 5.41) is 6.26. The van der Waals surface area contributed by atoms with Gasteiger partial charge in [0.05, 0.1) is 6.04 Å². The fraction of sp³-hybridized carbons (Fsp3) is 0.364. The van der Waals surface area contributed by atoms with Crippen molar-refractivity contribution in [2.75, 3.05) is 14.1 Å². The summed E-state index contributed by atoms with van der Waals surface area (Å²) in [7, 11) is 3.61. The Balaban J connectivity index is 2.63. The molecule has 0 amide bonds. The van der Waals surface area contributed by atoms with E-state index >= 15 is 0 Å². The molecular formula is C11H17N3. The summed E-state index contributed by atoms with van der Waals surface area (Å²) in [5.41, 5.74) is 1.25. The number of hydrogen-bond acceptors (Lipinski definition) is 1. The molecule has 0 saturated carbocycles. The highest BCUT2D eigenvalue weighted by Gasteiger charge is 2.04. The number of aliphatic imine (C=N–C) groups is 1. The maximum Gasteiger partial charge on any atom is 0.191 e. The van der Waals surface area contributed by atoms with E-state index in [0.29, 0.717) is 0 Å². The molecule has 1 rings (SSSR count). The third kappa shape index (κ3) is 2.76. The van der Waals surface area contributed by atoms with Gasteiger partial charge < -0.3 is 10.6 Å². The third-order valence-corrected chi connectivity index (χ3v) is 2.11. The lowest BCUT2D eigenvalue weighted by atomic mass is 10.1. The molecule has 1 atom stereocenters. The molecule has 0 bridgehead atoms. The minimum atomic E-state index is 0.266. The second-order valence-electron chi connectivity index (χ2n) is 3.10. The van der Waals surface area contributed by atoms with E-state index in [4.69, 9.17) is 0 Å². The van der Waals surface area contributed by atoms with E-state index in [-0.39, 0.29) is 6.04 Å². The molecule has 0 aromatic heterocycles. The van der Waals surface area contributed by atoms with Gasteiger partial charge in [-0.05, 0) is 12.5 Å². The number of rotatable bonds is 2. The maximum absolute atomic E-state index is 4.07. The SMILES string of the molecule is CN=C(NC)N[C@@H](C)c1ccccc1. The lowest BCUT2D eigenvalue weighted by Crippen LogP contribution is -2.36. The average Bonchev–Trinajstić information content (AvgIpc) is 2.26. The first-order chi connectivity index (χ1) is 6.77. The molecule has 0 saturated heterocycles. The molecule has 0 radical (unpaired) electrons. The molecule has 14 heavy (non-hydrogen) atoms. The van der Waals surface area contributed by atoms with Crippen molar-refractivity contribution < 1.29 is 0 Å². The number of guanidine groups is 1. The van der Waals surface area contributed by atoms with Crippen molar-refractivity contribution in [2.24, 2.45) is 4.99 Å². The first-order valence-electron chi connectivity index (χ1n) is 4.74. The van der Waals surface area contributed by atoms with Crippen LogP contribution in [0.5, 0.6) is 0 Å². The van der Waals surface area contributed by atoms with Gasteiger partial charge in [0.1, 0.15) is 0 Å². The van der Waals surface area contributed by atoms with Crippen LogP contribution in [0.3, 0.4) is 0 Å². The number of nitrogens with one attached hydrogen (secondary N) is 2. The van der Waals surface area contributed by atoms with Gasteiger partial charge in [-0.15, -0.1) is 0 Å². The highest BCUT2D eigenvalue weighted by atomic mass is 15.2. The molecule has 0 fully saturated rings. The largest absolute Gasteiger partial charge is 0.359 e. The summed E-state index contributed by atoms with van der Waals surface area (Å²) < 4.78 is 0. The van der Waals surface area contributed by atoms with Crippen LogP contribution in [-0.2, 0) is 0 Å². The fourth-order valence-electron chi connectivity index (χ4n) is 1.28. The van der Waals surface area contributed by atoms with Gasteiger partial charge in [-0.3, -0.25) is 4.99 Å². The van der Waals surface area contributed by atoms with Crippen LogP contribution < -0.4 is 10.6 Å². The van der Waals surface area contributed by atoms with Gasteiger partial charge in [0, 0.05) is 14.1 Å². The highest BCUT2D eigenvalue weighted by molar-refractivity contribution is 5.79. The molecular weight excluding hydrogens is 174 g/mol. The molecule has 0 heterocycles. The Kier molecular flexibility index (Phi) is 3.98. The van der Waals surface area contributed by atoms with Crippen LogP contribution >= 0.6 is 0 Å². The molecule has 76 valence electrons. The summed E-state index contributed by atoms with van der Waals surface area (Å²) >= 11 is 0. The normalized spacial score (nSPS) is 13.5. The molecule has 3 nitrogen and oxygen atoms in total. The van der Waals surface area contributed by atoms with Crippen molar-refractivity contribution in [2.45, 2.75) is 13.0 Å². The van der Waals surface area contributed by atoms with Crippen molar-refractivity contribution in [3.63, 3.8) is 0 Å². The van der Waals surface area contributed by atoms with Gasteiger partial charge >= 0.3 is 0 Å². The second kappa shape index (κ2) is 5.27. The van der Waals surface area contributed by atoms with E-state index in [1.54, 1.807) is 7.05 Å². The van der Waals surface area contributed by atoms with Crippen LogP contribution in [0.1, 0.15) is 18.5 Å². The van der Waals surface area contributed by atoms with Gasteiger partial charge in [-0.1, -0.05) is 30.3 Å². The third-order valence-electron chi connectivity index (χ3n) is 2.11. The maximum atomic E-state index is 4.07. The molecule has 0 spiro atoms. The van der Waals surface area contributed by atoms with Gasteiger partial charge in [0.2, 0.25) is 0 Å². The Hall–Kier alpha value is -1.51. The Morgan fingerprint density at radius 3 is 2.43 bits per heavy atom. The Morgan fingerprint density at radius 1 is 1.29 bits per heavy atom. The zero-order valence-corrected chi connectivity index (χ0v) is 8.91. The summed E-state index contributed by atoms with van der Waals surface area (Å²) in [6, 6.07) is 10.6. The first kappa shape index (κ1) is 10.6. The van der Waals surface area contributed by atoms with Gasteiger partial charge in [0.15, 0.2) is 5.96 Å². The topological polar surface area (TPSA) is 36.4 Å². The first-order valence-corrected chi connectivity index (χ1v) is 4.74. The molecule has 0 unspecified atom stereocenters. The molecule has 1 aromatic carbocycles. The van der Waals surface area contributed by atoms with E-state index < -0.39 is 0 Å². The zero-order chi connectivity index (χ0) is 10.4. The van der Waals surface area contributed by atoms with Crippen LogP contribution in [0, 0.1) is 0 Å². The monoisotopic (exact) mass is 191 g/mol. The highest BCUT2D eigenvalue weighted by Crippen LogP contribution is 2.10. The van der Waals surface area contributed by atoms with Gasteiger partial charge in [0.25, 0.3) is 0 Å². The van der Waals surface area contributed by atoms with E-state index in [9.17, 15) is 0 Å². The minimum absolute atomic E-state index is 0.266. The van der Waals surface area contributed by atoms with Crippen LogP contribution in [-0.4, -0.2) is 20.1 Å². The Labute approximate surface area is 85.3 Å². The van der Waals surface area contributed by atoms with Gasteiger partial charge in [-0.25, -0.2) is 0 Å². The predicted molar refractivity (Wildman–Crippen MR) is 60.4 cm³/mol. The van der Waals surface area contributed by atoms with Crippen molar-refractivity contribution in [3.8, 4) is 0 Å². The fourth-order valence-corrected chi connectivity index (χ4v) is 1.28. The van der Waals surface area contributed by atoms with Crippen molar-refractivity contribution in [1.82, 2.24) is 10.6 Å². The van der Waals surface area contributed by atoms with Crippen molar-refractivity contribution >= 4 is 5.96 Å². The van der Waals surface area contributed by atoms with Crippen LogP contribution in [0.25, 0.3) is 0 Å². The smallest absolute Gasteiger partial charge is 0.191 e. The summed E-state index contributed by atoms with van der Waals surface area (Å²) in [6.07, 6.45) is 0. The van der Waals surface area contributed by atoms with Crippen molar-refractivity contribution in [3.05, 3.63) is 35.9 Å². The van der Waals surface area contributed by atoms with E-state index in [2.05, 4.69) is 34.7 Å². The van der Waals surface area contributed by atoms with E-state index in [0.717, 1.165) is 5.96 Å². The summed E-state index contributed by atoms with van der Waals surface area (Å²) in [4.78, 5) is 4.07. The molecule has 1 aromatic rings. The summed E-state index contributed by atoms with van der Waals surface area (Å²) in [5.74, 6) is 0.807. The number of benzene rings is 1. The molecule has 0 aliphatic heterocycles.